The van der Waals surface area contributed by atoms with Crippen LogP contribution in [-0.4, -0.2) is 4.98 Å². The summed E-state index contributed by atoms with van der Waals surface area (Å²) in [5.41, 5.74) is 8.71. The fraction of sp³-hybridized carbons (Fsp3) is 0.308. The summed E-state index contributed by atoms with van der Waals surface area (Å²) in [6.45, 7) is 3.71. The number of aryl methyl sites for hydroxylation is 2. The molecule has 0 saturated heterocycles. The van der Waals surface area contributed by atoms with E-state index in [0.717, 1.165) is 16.3 Å². The van der Waals surface area contributed by atoms with Crippen LogP contribution in [0.2, 0.25) is 0 Å². The Morgan fingerprint density at radius 2 is 2.18 bits per heavy atom. The smallest absolute Gasteiger partial charge is 0.126 e. The first-order valence-electron chi connectivity index (χ1n) is 5.49. The molecule has 17 heavy (non-hydrogen) atoms. The van der Waals surface area contributed by atoms with Gasteiger partial charge in [-0.1, -0.05) is 12.1 Å². The van der Waals surface area contributed by atoms with Crippen molar-refractivity contribution < 1.29 is 4.39 Å². The molecule has 4 heteroatoms. The molecule has 1 aromatic heterocycles. The maximum absolute atomic E-state index is 13.1. The number of hydrogen-bond donors (Lipinski definition) is 1. The fourth-order valence-corrected chi connectivity index (χ4v) is 2.53. The molecule has 0 bridgehead atoms. The minimum atomic E-state index is -0.189. The Hall–Kier alpha value is -1.26. The van der Waals surface area contributed by atoms with Gasteiger partial charge >= 0.3 is 0 Å². The highest BCUT2D eigenvalue weighted by molar-refractivity contribution is 7.09. The maximum atomic E-state index is 13.1. The average Bonchev–Trinajstić information content (AvgIpc) is 2.68. The summed E-state index contributed by atoms with van der Waals surface area (Å²) in [6, 6.07) is 4.89. The third-order valence-corrected chi connectivity index (χ3v) is 3.66. The highest BCUT2D eigenvalue weighted by Crippen LogP contribution is 2.20. The molecule has 0 aliphatic heterocycles. The van der Waals surface area contributed by atoms with E-state index in [1.807, 2.05) is 12.3 Å². The Balaban J connectivity index is 2.14. The van der Waals surface area contributed by atoms with Crippen molar-refractivity contribution in [2.45, 2.75) is 26.3 Å². The minimum absolute atomic E-state index is 0.125. The van der Waals surface area contributed by atoms with E-state index in [4.69, 9.17) is 5.73 Å². The molecule has 0 saturated carbocycles. The quantitative estimate of drug-likeness (QED) is 0.909. The van der Waals surface area contributed by atoms with Gasteiger partial charge in [-0.05, 0) is 31.0 Å². The van der Waals surface area contributed by atoms with Crippen LogP contribution in [0, 0.1) is 19.7 Å². The Bertz CT molecular complexity index is 522. The topological polar surface area (TPSA) is 38.9 Å². The van der Waals surface area contributed by atoms with Crippen molar-refractivity contribution in [1.29, 1.82) is 0 Å². The number of nitrogens with two attached hydrogens (primary N) is 1. The summed E-state index contributed by atoms with van der Waals surface area (Å²) < 4.78 is 13.1. The van der Waals surface area contributed by atoms with Gasteiger partial charge in [-0.15, -0.1) is 11.3 Å². The molecule has 90 valence electrons. The lowest BCUT2D eigenvalue weighted by Crippen LogP contribution is -2.13. The van der Waals surface area contributed by atoms with E-state index in [0.29, 0.717) is 12.0 Å². The average molecular weight is 250 g/mol. The van der Waals surface area contributed by atoms with E-state index < -0.39 is 0 Å². The van der Waals surface area contributed by atoms with Crippen molar-refractivity contribution in [2.75, 3.05) is 0 Å². The van der Waals surface area contributed by atoms with Gasteiger partial charge in [0.2, 0.25) is 0 Å². The Morgan fingerprint density at radius 1 is 1.41 bits per heavy atom. The van der Waals surface area contributed by atoms with Crippen molar-refractivity contribution in [3.63, 3.8) is 0 Å². The highest BCUT2D eigenvalue weighted by atomic mass is 32.1. The maximum Gasteiger partial charge on any atom is 0.126 e. The molecule has 1 unspecified atom stereocenters. The van der Waals surface area contributed by atoms with E-state index in [2.05, 4.69) is 4.98 Å². The van der Waals surface area contributed by atoms with Crippen molar-refractivity contribution >= 4 is 11.3 Å². The molecule has 0 spiro atoms. The van der Waals surface area contributed by atoms with E-state index in [-0.39, 0.29) is 11.9 Å². The summed E-state index contributed by atoms with van der Waals surface area (Å²) in [5, 5.41) is 3.04. The molecule has 2 N–H and O–H groups in total. The summed E-state index contributed by atoms with van der Waals surface area (Å²) in [7, 11) is 0. The molecule has 0 radical (unpaired) electrons. The molecule has 2 nitrogen and oxygen atoms in total. The molecule has 2 aromatic rings. The first kappa shape index (κ1) is 12.2. The van der Waals surface area contributed by atoms with Gasteiger partial charge in [0.05, 0.1) is 5.01 Å². The van der Waals surface area contributed by atoms with E-state index >= 15 is 0 Å². The van der Waals surface area contributed by atoms with Gasteiger partial charge in [-0.3, -0.25) is 0 Å². The number of benzene rings is 1. The zero-order chi connectivity index (χ0) is 12.4. The summed E-state index contributed by atoms with van der Waals surface area (Å²) in [6.07, 6.45) is 0.698. The normalized spacial score (nSPS) is 12.7. The monoisotopic (exact) mass is 250 g/mol. The number of halogens is 1. The third kappa shape index (κ3) is 2.90. The van der Waals surface area contributed by atoms with Crippen LogP contribution in [0.1, 0.15) is 27.9 Å². The number of nitrogens with zero attached hydrogens (tertiary/aromatic N) is 1. The van der Waals surface area contributed by atoms with E-state index in [1.54, 1.807) is 30.4 Å². The van der Waals surface area contributed by atoms with Crippen molar-refractivity contribution in [2.24, 2.45) is 5.73 Å². The van der Waals surface area contributed by atoms with Crippen LogP contribution in [0.5, 0.6) is 0 Å². The Kier molecular flexibility index (Phi) is 3.54. The summed E-state index contributed by atoms with van der Waals surface area (Å²) >= 11 is 1.61. The lowest BCUT2D eigenvalue weighted by molar-refractivity contribution is 0.614. The molecule has 0 amide bonds. The number of aromatic nitrogens is 1. The SMILES string of the molecule is Cc1csc(CC(N)c2ccc(F)c(C)c2)n1. The van der Waals surface area contributed by atoms with Gasteiger partial charge in [0.15, 0.2) is 0 Å². The Labute approximate surface area is 104 Å². The lowest BCUT2D eigenvalue weighted by Gasteiger charge is -2.11. The second-order valence-electron chi connectivity index (χ2n) is 4.20. The van der Waals surface area contributed by atoms with Crippen LogP contribution < -0.4 is 5.73 Å². The van der Waals surface area contributed by atoms with Gasteiger partial charge < -0.3 is 5.73 Å². The molecule has 0 aliphatic rings. The second kappa shape index (κ2) is 4.94. The molecular formula is C13H15FN2S. The molecule has 0 fully saturated rings. The predicted octanol–water partition coefficient (Wildman–Crippen LogP) is 3.14. The first-order chi connectivity index (χ1) is 8.06. The Morgan fingerprint density at radius 3 is 2.76 bits per heavy atom. The van der Waals surface area contributed by atoms with Crippen molar-refractivity contribution in [3.8, 4) is 0 Å². The van der Waals surface area contributed by atoms with Gasteiger partial charge in [0, 0.05) is 23.5 Å². The predicted molar refractivity (Wildman–Crippen MR) is 68.6 cm³/mol. The van der Waals surface area contributed by atoms with Crippen LogP contribution in [0.3, 0.4) is 0 Å². The van der Waals surface area contributed by atoms with Crippen molar-refractivity contribution in [3.05, 3.63) is 51.2 Å². The molecule has 1 atom stereocenters. The van der Waals surface area contributed by atoms with E-state index in [9.17, 15) is 4.39 Å². The zero-order valence-electron chi connectivity index (χ0n) is 9.90. The number of hydrogen-bond acceptors (Lipinski definition) is 3. The van der Waals surface area contributed by atoms with Gasteiger partial charge in [-0.25, -0.2) is 9.37 Å². The summed E-state index contributed by atoms with van der Waals surface area (Å²) in [5.74, 6) is -0.189. The van der Waals surface area contributed by atoms with Crippen LogP contribution >= 0.6 is 11.3 Å². The fourth-order valence-electron chi connectivity index (χ4n) is 1.70. The standard InChI is InChI=1S/C13H15FN2S/c1-8-5-10(3-4-11(8)14)12(15)6-13-16-9(2)7-17-13/h3-5,7,12H,6,15H2,1-2H3. The molecule has 1 aromatic carbocycles. The van der Waals surface area contributed by atoms with Crippen LogP contribution in [0.15, 0.2) is 23.6 Å². The number of thiazole rings is 1. The largest absolute Gasteiger partial charge is 0.324 e. The molecule has 0 aliphatic carbocycles. The number of rotatable bonds is 3. The minimum Gasteiger partial charge on any atom is -0.324 e. The highest BCUT2D eigenvalue weighted by Gasteiger charge is 2.10. The van der Waals surface area contributed by atoms with Gasteiger partial charge in [0.1, 0.15) is 5.82 Å². The van der Waals surface area contributed by atoms with Gasteiger partial charge in [0.25, 0.3) is 0 Å². The van der Waals surface area contributed by atoms with E-state index in [1.165, 1.54) is 6.07 Å². The van der Waals surface area contributed by atoms with Crippen LogP contribution in [0.4, 0.5) is 4.39 Å². The van der Waals surface area contributed by atoms with Crippen LogP contribution in [-0.2, 0) is 6.42 Å². The van der Waals surface area contributed by atoms with Crippen molar-refractivity contribution in [1.82, 2.24) is 4.98 Å². The lowest BCUT2D eigenvalue weighted by atomic mass is 10.0. The molecular weight excluding hydrogens is 235 g/mol. The third-order valence-electron chi connectivity index (χ3n) is 2.67. The second-order valence-corrected chi connectivity index (χ2v) is 5.14. The zero-order valence-corrected chi connectivity index (χ0v) is 10.7. The summed E-state index contributed by atoms with van der Waals surface area (Å²) in [4.78, 5) is 4.38. The molecule has 1 heterocycles. The molecule has 2 rings (SSSR count). The first-order valence-corrected chi connectivity index (χ1v) is 6.37. The van der Waals surface area contributed by atoms with Gasteiger partial charge in [-0.2, -0.15) is 0 Å². The van der Waals surface area contributed by atoms with Crippen LogP contribution in [0.25, 0.3) is 0 Å².